The molecule has 138 valence electrons. The number of nitrogens with one attached hydrogen (secondary N) is 1. The molecular weight excluding hydrogens is 348 g/mol. The van der Waals surface area contributed by atoms with Crippen molar-refractivity contribution in [2.24, 2.45) is 0 Å². The van der Waals surface area contributed by atoms with Crippen LogP contribution in [0.15, 0.2) is 42.5 Å². The lowest BCUT2D eigenvalue weighted by molar-refractivity contribution is 0.0908. The normalized spacial score (nSPS) is 15.7. The molecule has 0 atom stereocenters. The molecule has 0 spiro atoms. The number of carbonyl (C=O) groups excluding carboxylic acids is 1. The summed E-state index contributed by atoms with van der Waals surface area (Å²) in [4.78, 5) is 14.9. The lowest BCUT2D eigenvalue weighted by Crippen LogP contribution is -2.44. The van der Waals surface area contributed by atoms with Crippen LogP contribution < -0.4 is 10.1 Å². The number of rotatable bonds is 5. The van der Waals surface area contributed by atoms with Gasteiger partial charge in [0.25, 0.3) is 5.91 Å². The van der Waals surface area contributed by atoms with E-state index in [-0.39, 0.29) is 11.9 Å². The minimum Gasteiger partial charge on any atom is -0.496 e. The van der Waals surface area contributed by atoms with Gasteiger partial charge in [0.1, 0.15) is 5.75 Å². The Kier molecular flexibility index (Phi) is 6.17. The summed E-state index contributed by atoms with van der Waals surface area (Å²) < 4.78 is 5.31. The number of likely N-dealkylation sites (tertiary alicyclic amines) is 1. The number of methoxy groups -OCH3 is 1. The van der Waals surface area contributed by atoms with Crippen LogP contribution >= 0.6 is 11.6 Å². The molecule has 2 aromatic rings. The van der Waals surface area contributed by atoms with E-state index >= 15 is 0 Å². The van der Waals surface area contributed by atoms with E-state index in [9.17, 15) is 4.79 Å². The second-order valence-electron chi connectivity index (χ2n) is 6.83. The molecular formula is C21H25ClN2O2. The van der Waals surface area contributed by atoms with Crippen molar-refractivity contribution in [1.29, 1.82) is 0 Å². The van der Waals surface area contributed by atoms with Crippen molar-refractivity contribution in [2.75, 3.05) is 20.2 Å². The van der Waals surface area contributed by atoms with Crippen molar-refractivity contribution in [3.05, 3.63) is 64.2 Å². The van der Waals surface area contributed by atoms with Crippen molar-refractivity contribution in [2.45, 2.75) is 32.4 Å². The van der Waals surface area contributed by atoms with E-state index in [1.807, 2.05) is 31.2 Å². The minimum atomic E-state index is -0.0283. The fourth-order valence-electron chi connectivity index (χ4n) is 3.31. The second-order valence-corrected chi connectivity index (χ2v) is 7.27. The molecule has 1 aliphatic heterocycles. The van der Waals surface area contributed by atoms with Crippen molar-refractivity contribution < 1.29 is 9.53 Å². The highest BCUT2D eigenvalue weighted by atomic mass is 35.5. The zero-order valence-corrected chi connectivity index (χ0v) is 16.1. The van der Waals surface area contributed by atoms with Gasteiger partial charge in [-0.25, -0.2) is 0 Å². The Hall–Kier alpha value is -2.04. The zero-order valence-electron chi connectivity index (χ0n) is 15.3. The standard InChI is InChI=1S/C21H25ClN2O2/c1-15-3-6-17(13-20(15)26-2)21(25)23-19-9-11-24(12-10-19)14-16-4-7-18(22)8-5-16/h3-8,13,19H,9-12,14H2,1-2H3,(H,23,25). The van der Waals surface area contributed by atoms with E-state index < -0.39 is 0 Å². The van der Waals surface area contributed by atoms with Gasteiger partial charge in [-0.15, -0.1) is 0 Å². The predicted molar refractivity (Wildman–Crippen MR) is 105 cm³/mol. The van der Waals surface area contributed by atoms with Crippen LogP contribution in [0.4, 0.5) is 0 Å². The van der Waals surface area contributed by atoms with E-state index in [0.29, 0.717) is 5.56 Å². The van der Waals surface area contributed by atoms with Crippen LogP contribution in [0.3, 0.4) is 0 Å². The smallest absolute Gasteiger partial charge is 0.251 e. The second kappa shape index (κ2) is 8.56. The monoisotopic (exact) mass is 372 g/mol. The van der Waals surface area contributed by atoms with Gasteiger partial charge in [0.15, 0.2) is 0 Å². The quantitative estimate of drug-likeness (QED) is 0.860. The molecule has 3 rings (SSSR count). The van der Waals surface area contributed by atoms with Gasteiger partial charge in [-0.05, 0) is 55.2 Å². The molecule has 1 amide bonds. The molecule has 1 fully saturated rings. The maximum absolute atomic E-state index is 12.5. The van der Waals surface area contributed by atoms with Gasteiger partial charge in [-0.3, -0.25) is 9.69 Å². The first-order valence-corrected chi connectivity index (χ1v) is 9.35. The van der Waals surface area contributed by atoms with Gasteiger partial charge in [0.05, 0.1) is 7.11 Å². The summed E-state index contributed by atoms with van der Waals surface area (Å²) in [6.45, 7) is 4.85. The van der Waals surface area contributed by atoms with Crippen molar-refractivity contribution in [3.63, 3.8) is 0 Å². The Labute approximate surface area is 160 Å². The molecule has 0 saturated carbocycles. The number of ether oxygens (including phenoxy) is 1. The summed E-state index contributed by atoms with van der Waals surface area (Å²) in [5.41, 5.74) is 2.94. The molecule has 0 radical (unpaired) electrons. The van der Waals surface area contributed by atoms with E-state index in [1.165, 1.54) is 5.56 Å². The molecule has 0 aromatic heterocycles. The fraction of sp³-hybridized carbons (Fsp3) is 0.381. The van der Waals surface area contributed by atoms with Gasteiger partial charge in [0.2, 0.25) is 0 Å². The molecule has 0 aliphatic carbocycles. The lowest BCUT2D eigenvalue weighted by atomic mass is 10.0. The van der Waals surface area contributed by atoms with Crippen molar-refractivity contribution in [1.82, 2.24) is 10.2 Å². The first-order valence-electron chi connectivity index (χ1n) is 8.97. The van der Waals surface area contributed by atoms with Gasteiger partial charge in [-0.2, -0.15) is 0 Å². The third-order valence-electron chi connectivity index (χ3n) is 4.91. The van der Waals surface area contributed by atoms with Gasteiger partial charge < -0.3 is 10.1 Å². The molecule has 1 heterocycles. The molecule has 26 heavy (non-hydrogen) atoms. The number of benzene rings is 2. The van der Waals surface area contributed by atoms with Crippen LogP contribution in [0.5, 0.6) is 5.75 Å². The number of nitrogens with zero attached hydrogens (tertiary/aromatic N) is 1. The summed E-state index contributed by atoms with van der Waals surface area (Å²) in [6, 6.07) is 13.8. The Bertz CT molecular complexity index is 753. The number of aryl methyl sites for hydroxylation is 1. The summed E-state index contributed by atoms with van der Waals surface area (Å²) in [7, 11) is 1.63. The maximum Gasteiger partial charge on any atom is 0.251 e. The van der Waals surface area contributed by atoms with E-state index in [4.69, 9.17) is 16.3 Å². The lowest BCUT2D eigenvalue weighted by Gasteiger charge is -2.32. The van der Waals surface area contributed by atoms with Gasteiger partial charge in [0, 0.05) is 36.3 Å². The Morgan fingerprint density at radius 1 is 1.19 bits per heavy atom. The van der Waals surface area contributed by atoms with Crippen LogP contribution in [-0.4, -0.2) is 37.0 Å². The summed E-state index contributed by atoms with van der Waals surface area (Å²) in [5, 5.41) is 3.93. The Morgan fingerprint density at radius 2 is 1.88 bits per heavy atom. The SMILES string of the molecule is COc1cc(C(=O)NC2CCN(Cc3ccc(Cl)cc3)CC2)ccc1C. The van der Waals surface area contributed by atoms with Crippen molar-refractivity contribution in [3.8, 4) is 5.75 Å². The third-order valence-corrected chi connectivity index (χ3v) is 5.16. The van der Waals surface area contributed by atoms with E-state index in [2.05, 4.69) is 22.3 Å². The zero-order chi connectivity index (χ0) is 18.5. The Balaban J connectivity index is 1.50. The molecule has 0 bridgehead atoms. The maximum atomic E-state index is 12.5. The van der Waals surface area contributed by atoms with Crippen LogP contribution in [0.25, 0.3) is 0 Å². The fourth-order valence-corrected chi connectivity index (χ4v) is 3.44. The third kappa shape index (κ3) is 4.77. The molecule has 4 nitrogen and oxygen atoms in total. The minimum absolute atomic E-state index is 0.0283. The molecule has 1 saturated heterocycles. The average Bonchev–Trinajstić information content (AvgIpc) is 2.65. The van der Waals surface area contributed by atoms with E-state index in [0.717, 1.165) is 48.8 Å². The predicted octanol–water partition coefficient (Wildman–Crippen LogP) is 4.05. The molecule has 2 aromatic carbocycles. The number of piperidine rings is 1. The van der Waals surface area contributed by atoms with Crippen LogP contribution in [-0.2, 0) is 6.54 Å². The first kappa shape index (κ1) is 18.7. The van der Waals surface area contributed by atoms with Gasteiger partial charge in [-0.1, -0.05) is 29.8 Å². The number of hydrogen-bond donors (Lipinski definition) is 1. The topological polar surface area (TPSA) is 41.6 Å². The van der Waals surface area contributed by atoms with Crippen molar-refractivity contribution >= 4 is 17.5 Å². The summed E-state index contributed by atoms with van der Waals surface area (Å²) in [5.74, 6) is 0.717. The number of amides is 1. The molecule has 0 unspecified atom stereocenters. The molecule has 5 heteroatoms. The highest BCUT2D eigenvalue weighted by Crippen LogP contribution is 2.20. The number of hydrogen-bond acceptors (Lipinski definition) is 3. The average molecular weight is 373 g/mol. The van der Waals surface area contributed by atoms with Gasteiger partial charge >= 0.3 is 0 Å². The number of carbonyl (C=O) groups is 1. The summed E-state index contributed by atoms with van der Waals surface area (Å²) in [6.07, 6.45) is 1.92. The highest BCUT2D eigenvalue weighted by molar-refractivity contribution is 6.30. The van der Waals surface area contributed by atoms with Crippen LogP contribution in [0.2, 0.25) is 5.02 Å². The highest BCUT2D eigenvalue weighted by Gasteiger charge is 2.21. The van der Waals surface area contributed by atoms with Crippen LogP contribution in [0, 0.1) is 6.92 Å². The van der Waals surface area contributed by atoms with E-state index in [1.54, 1.807) is 13.2 Å². The molecule has 1 N–H and O–H groups in total. The summed E-state index contributed by atoms with van der Waals surface area (Å²) >= 11 is 5.94. The van der Waals surface area contributed by atoms with Crippen LogP contribution in [0.1, 0.15) is 34.3 Å². The Morgan fingerprint density at radius 3 is 2.54 bits per heavy atom. The largest absolute Gasteiger partial charge is 0.496 e. The number of halogens is 1. The molecule has 1 aliphatic rings. The first-order chi connectivity index (χ1) is 12.5.